The molecule has 0 bridgehead atoms. The number of thiocarbonyl (C=S) groups is 1. The van der Waals surface area contributed by atoms with E-state index in [4.69, 9.17) is 34.3 Å². The predicted molar refractivity (Wildman–Crippen MR) is 83.4 cm³/mol. The standard InChI is InChI=1S/C12H16ClFN2O3S2/c1-19-7-6-16(5-4-12(15)20)21(17,18)11-8-9(14)2-3-10(11)13/h2-3,8H,4-7H2,1H3,(H2,15,20). The molecule has 0 radical (unpaired) electrons. The van der Waals surface area contributed by atoms with Crippen molar-refractivity contribution >= 4 is 38.8 Å². The zero-order valence-corrected chi connectivity index (χ0v) is 13.8. The van der Waals surface area contributed by atoms with Gasteiger partial charge in [0.25, 0.3) is 0 Å². The maximum absolute atomic E-state index is 13.3. The van der Waals surface area contributed by atoms with E-state index in [1.807, 2.05) is 0 Å². The summed E-state index contributed by atoms with van der Waals surface area (Å²) in [7, 11) is -2.50. The first kappa shape index (κ1) is 18.2. The summed E-state index contributed by atoms with van der Waals surface area (Å²) in [6, 6.07) is 3.18. The Labute approximate surface area is 133 Å². The first-order valence-electron chi connectivity index (χ1n) is 6.01. The molecule has 5 nitrogen and oxygen atoms in total. The molecule has 0 atom stereocenters. The third-order valence-electron chi connectivity index (χ3n) is 2.66. The Kier molecular flexibility index (Phi) is 6.95. The molecule has 0 saturated heterocycles. The lowest BCUT2D eigenvalue weighted by Gasteiger charge is -2.22. The second-order valence-electron chi connectivity index (χ2n) is 4.19. The monoisotopic (exact) mass is 354 g/mol. The Morgan fingerprint density at radius 3 is 2.71 bits per heavy atom. The van der Waals surface area contributed by atoms with Gasteiger partial charge in [0, 0.05) is 26.6 Å². The molecule has 1 aromatic rings. The van der Waals surface area contributed by atoms with Gasteiger partial charge >= 0.3 is 0 Å². The summed E-state index contributed by atoms with van der Waals surface area (Å²) in [6.45, 7) is 0.353. The number of benzene rings is 1. The van der Waals surface area contributed by atoms with Crippen LogP contribution >= 0.6 is 23.8 Å². The van der Waals surface area contributed by atoms with Crippen LogP contribution in [-0.2, 0) is 14.8 Å². The van der Waals surface area contributed by atoms with Crippen LogP contribution in [0.5, 0.6) is 0 Å². The van der Waals surface area contributed by atoms with Crippen molar-refractivity contribution in [1.29, 1.82) is 0 Å². The fourth-order valence-electron chi connectivity index (χ4n) is 1.59. The maximum atomic E-state index is 13.3. The van der Waals surface area contributed by atoms with E-state index in [1.54, 1.807) is 0 Å². The molecule has 0 aliphatic carbocycles. The lowest BCUT2D eigenvalue weighted by atomic mass is 10.3. The number of methoxy groups -OCH3 is 1. The summed E-state index contributed by atoms with van der Waals surface area (Å²) in [5.74, 6) is -0.681. The van der Waals surface area contributed by atoms with Gasteiger partial charge in [0.15, 0.2) is 0 Å². The smallest absolute Gasteiger partial charge is 0.244 e. The zero-order valence-electron chi connectivity index (χ0n) is 11.4. The molecular weight excluding hydrogens is 339 g/mol. The van der Waals surface area contributed by atoms with Crippen molar-refractivity contribution < 1.29 is 17.5 Å². The van der Waals surface area contributed by atoms with Crippen LogP contribution in [0.3, 0.4) is 0 Å². The topological polar surface area (TPSA) is 72.6 Å². The molecule has 0 fully saturated rings. The van der Waals surface area contributed by atoms with E-state index >= 15 is 0 Å². The molecule has 1 aromatic carbocycles. The quantitative estimate of drug-likeness (QED) is 0.720. The molecular formula is C12H16ClFN2O3S2. The highest BCUT2D eigenvalue weighted by molar-refractivity contribution is 7.89. The zero-order chi connectivity index (χ0) is 16.0. The molecule has 0 unspecified atom stereocenters. The van der Waals surface area contributed by atoms with Gasteiger partial charge in [-0.15, -0.1) is 0 Å². The van der Waals surface area contributed by atoms with Crippen molar-refractivity contribution in [3.05, 3.63) is 29.0 Å². The van der Waals surface area contributed by atoms with E-state index in [1.165, 1.54) is 13.2 Å². The van der Waals surface area contributed by atoms with E-state index < -0.39 is 15.8 Å². The van der Waals surface area contributed by atoms with Gasteiger partial charge in [-0.25, -0.2) is 12.8 Å². The summed E-state index contributed by atoms with van der Waals surface area (Å²) in [6.07, 6.45) is 0.214. The minimum absolute atomic E-state index is 0.0471. The van der Waals surface area contributed by atoms with E-state index in [-0.39, 0.29) is 41.0 Å². The van der Waals surface area contributed by atoms with Crippen LogP contribution in [0.1, 0.15) is 6.42 Å². The minimum atomic E-state index is -3.96. The van der Waals surface area contributed by atoms with Gasteiger partial charge in [-0.3, -0.25) is 0 Å². The van der Waals surface area contributed by atoms with E-state index in [0.29, 0.717) is 0 Å². The molecule has 118 valence electrons. The second-order valence-corrected chi connectivity index (χ2v) is 7.03. The Hall–Kier alpha value is -0.800. The number of nitrogens with zero attached hydrogens (tertiary/aromatic N) is 1. The van der Waals surface area contributed by atoms with Crippen molar-refractivity contribution in [2.45, 2.75) is 11.3 Å². The lowest BCUT2D eigenvalue weighted by molar-refractivity contribution is 0.179. The van der Waals surface area contributed by atoms with Gasteiger partial charge in [-0.2, -0.15) is 4.31 Å². The number of hydrogen-bond acceptors (Lipinski definition) is 4. The number of hydrogen-bond donors (Lipinski definition) is 1. The molecule has 2 N–H and O–H groups in total. The number of sulfonamides is 1. The Morgan fingerprint density at radius 1 is 1.48 bits per heavy atom. The van der Waals surface area contributed by atoms with Gasteiger partial charge in [0.05, 0.1) is 16.6 Å². The molecule has 9 heteroatoms. The average Bonchev–Trinajstić information content (AvgIpc) is 2.40. The first-order chi connectivity index (χ1) is 9.78. The molecule has 1 rings (SSSR count). The first-order valence-corrected chi connectivity index (χ1v) is 8.24. The summed E-state index contributed by atoms with van der Waals surface area (Å²) < 4.78 is 44.4. The second kappa shape index (κ2) is 8.00. The van der Waals surface area contributed by atoms with Crippen LogP contribution in [-0.4, -0.2) is 44.5 Å². The van der Waals surface area contributed by atoms with Crippen LogP contribution in [0.2, 0.25) is 5.02 Å². The predicted octanol–water partition coefficient (Wildman–Crippen LogP) is 1.79. The van der Waals surface area contributed by atoms with Crippen molar-refractivity contribution in [1.82, 2.24) is 4.31 Å². The normalized spacial score (nSPS) is 11.8. The highest BCUT2D eigenvalue weighted by Crippen LogP contribution is 2.25. The highest BCUT2D eigenvalue weighted by Gasteiger charge is 2.27. The van der Waals surface area contributed by atoms with Crippen molar-refractivity contribution in [3.8, 4) is 0 Å². The number of nitrogens with two attached hydrogens (primary N) is 1. The summed E-state index contributed by atoms with van der Waals surface area (Å²) in [5, 5.41) is -0.0471. The molecule has 0 aliphatic rings. The van der Waals surface area contributed by atoms with Gasteiger partial charge < -0.3 is 10.5 Å². The fraction of sp³-hybridized carbons (Fsp3) is 0.417. The summed E-state index contributed by atoms with van der Waals surface area (Å²) in [4.78, 5) is -0.0961. The van der Waals surface area contributed by atoms with E-state index in [2.05, 4.69) is 0 Å². The lowest BCUT2D eigenvalue weighted by Crippen LogP contribution is -2.36. The molecule has 0 spiro atoms. The summed E-state index contributed by atoms with van der Waals surface area (Å²) in [5.41, 5.74) is 5.40. The third kappa shape index (κ3) is 5.15. The van der Waals surface area contributed by atoms with Crippen LogP contribution in [0, 0.1) is 5.82 Å². The number of rotatable bonds is 8. The van der Waals surface area contributed by atoms with E-state index in [9.17, 15) is 12.8 Å². The van der Waals surface area contributed by atoms with Crippen molar-refractivity contribution in [2.24, 2.45) is 5.73 Å². The van der Waals surface area contributed by atoms with Crippen molar-refractivity contribution in [3.63, 3.8) is 0 Å². The molecule has 21 heavy (non-hydrogen) atoms. The molecule has 0 saturated carbocycles. The van der Waals surface area contributed by atoms with Gasteiger partial charge in [-0.1, -0.05) is 23.8 Å². The highest BCUT2D eigenvalue weighted by atomic mass is 35.5. The summed E-state index contributed by atoms with van der Waals surface area (Å²) >= 11 is 10.6. The van der Waals surface area contributed by atoms with Gasteiger partial charge in [0.1, 0.15) is 10.7 Å². The molecule has 0 aromatic heterocycles. The molecule has 0 heterocycles. The van der Waals surface area contributed by atoms with Crippen LogP contribution in [0.4, 0.5) is 4.39 Å². The fourth-order valence-corrected chi connectivity index (χ4v) is 3.60. The SMILES string of the molecule is COCCN(CCC(N)=S)S(=O)(=O)c1cc(F)ccc1Cl. The number of halogens is 2. The number of ether oxygens (including phenoxy) is 1. The molecule has 0 amide bonds. The van der Waals surface area contributed by atoms with Gasteiger partial charge in [0.2, 0.25) is 10.0 Å². The van der Waals surface area contributed by atoms with Gasteiger partial charge in [-0.05, 0) is 18.2 Å². The third-order valence-corrected chi connectivity index (χ3v) is 5.25. The minimum Gasteiger partial charge on any atom is -0.393 e. The Balaban J connectivity index is 3.12. The van der Waals surface area contributed by atoms with E-state index in [0.717, 1.165) is 16.4 Å². The largest absolute Gasteiger partial charge is 0.393 e. The maximum Gasteiger partial charge on any atom is 0.244 e. The Bertz CT molecular complexity index is 611. The van der Waals surface area contributed by atoms with Crippen molar-refractivity contribution in [2.75, 3.05) is 26.8 Å². The van der Waals surface area contributed by atoms with Crippen LogP contribution < -0.4 is 5.73 Å². The molecule has 0 aliphatic heterocycles. The Morgan fingerprint density at radius 2 is 2.14 bits per heavy atom. The average molecular weight is 355 g/mol. The van der Waals surface area contributed by atoms with Crippen LogP contribution in [0.25, 0.3) is 0 Å². The van der Waals surface area contributed by atoms with Crippen LogP contribution in [0.15, 0.2) is 23.1 Å².